The fraction of sp³-hybridized carbons (Fsp3) is 0.750. The summed E-state index contributed by atoms with van der Waals surface area (Å²) in [6.07, 6.45) is 8.54. The Kier molecular flexibility index (Phi) is 9.55. The average Bonchev–Trinajstić information content (AvgIpc) is 2.68. The fourth-order valence-corrected chi connectivity index (χ4v) is 6.25. The van der Waals surface area contributed by atoms with Crippen molar-refractivity contribution >= 4 is 17.9 Å². The van der Waals surface area contributed by atoms with Crippen molar-refractivity contribution in [3.05, 3.63) is 23.3 Å². The minimum Gasteiger partial charge on any atom is -0.481 e. The largest absolute Gasteiger partial charge is 0.481 e. The van der Waals surface area contributed by atoms with E-state index >= 15 is 0 Å². The number of aliphatic carboxylic acids is 1. The van der Waals surface area contributed by atoms with Crippen LogP contribution in [-0.4, -0.2) is 35.7 Å². The van der Waals surface area contributed by atoms with E-state index in [1.54, 1.807) is 0 Å². The number of ether oxygens (including phenoxy) is 2. The molecular formula is C28H44O6. The highest BCUT2D eigenvalue weighted by atomic mass is 16.5. The van der Waals surface area contributed by atoms with Crippen LogP contribution in [0.3, 0.4) is 0 Å². The Hall–Kier alpha value is -2.11. The summed E-state index contributed by atoms with van der Waals surface area (Å²) >= 11 is 0. The first kappa shape index (κ1) is 28.1. The topological polar surface area (TPSA) is 89.9 Å². The van der Waals surface area contributed by atoms with Crippen molar-refractivity contribution in [1.29, 1.82) is 0 Å². The van der Waals surface area contributed by atoms with Crippen molar-refractivity contribution in [3.8, 4) is 0 Å². The molecule has 6 nitrogen and oxygen atoms in total. The van der Waals surface area contributed by atoms with Crippen LogP contribution in [0.25, 0.3) is 0 Å². The molecule has 0 saturated heterocycles. The summed E-state index contributed by atoms with van der Waals surface area (Å²) in [5, 5.41) is 8.92. The number of rotatable bonds is 10. The molecule has 2 aliphatic rings. The number of hydrogen-bond donors (Lipinski definition) is 1. The molecule has 0 spiro atoms. The van der Waals surface area contributed by atoms with Crippen LogP contribution in [-0.2, 0) is 23.9 Å². The predicted octanol–water partition coefficient (Wildman–Crippen LogP) is 6.10. The molecule has 0 aromatic carbocycles. The Morgan fingerprint density at radius 3 is 2.50 bits per heavy atom. The lowest BCUT2D eigenvalue weighted by Gasteiger charge is -2.59. The molecule has 1 fully saturated rings. The third-order valence-corrected chi connectivity index (χ3v) is 8.14. The summed E-state index contributed by atoms with van der Waals surface area (Å²) in [7, 11) is 0. The lowest BCUT2D eigenvalue weighted by molar-refractivity contribution is -0.176. The van der Waals surface area contributed by atoms with E-state index in [1.807, 2.05) is 19.9 Å². The smallest absolute Gasteiger partial charge is 0.317 e. The van der Waals surface area contributed by atoms with Gasteiger partial charge in [-0.15, -0.1) is 0 Å². The van der Waals surface area contributed by atoms with Crippen molar-refractivity contribution in [1.82, 2.24) is 0 Å². The second kappa shape index (κ2) is 11.5. The van der Waals surface area contributed by atoms with Crippen LogP contribution >= 0.6 is 0 Å². The summed E-state index contributed by atoms with van der Waals surface area (Å²) in [4.78, 5) is 34.7. The number of esters is 2. The van der Waals surface area contributed by atoms with Crippen LogP contribution in [0.1, 0.15) is 93.4 Å². The quantitative estimate of drug-likeness (QED) is 0.233. The lowest BCUT2D eigenvalue weighted by Crippen LogP contribution is -2.55. The van der Waals surface area contributed by atoms with E-state index in [9.17, 15) is 14.4 Å². The molecule has 192 valence electrons. The minimum atomic E-state index is -1.15. The molecule has 0 radical (unpaired) electrons. The van der Waals surface area contributed by atoms with Gasteiger partial charge < -0.3 is 14.6 Å². The molecule has 6 heteroatoms. The van der Waals surface area contributed by atoms with Gasteiger partial charge in [0.1, 0.15) is 19.1 Å². The molecule has 1 N–H and O–H groups in total. The number of allylic oxidation sites excluding steroid dienone is 3. The van der Waals surface area contributed by atoms with Crippen molar-refractivity contribution in [2.75, 3.05) is 6.61 Å². The van der Waals surface area contributed by atoms with E-state index in [-0.39, 0.29) is 22.9 Å². The van der Waals surface area contributed by atoms with E-state index in [0.717, 1.165) is 32.1 Å². The molecule has 0 unspecified atom stereocenters. The second-order valence-electron chi connectivity index (χ2n) is 11.6. The van der Waals surface area contributed by atoms with Gasteiger partial charge in [0.05, 0.1) is 0 Å². The zero-order chi connectivity index (χ0) is 25.7. The van der Waals surface area contributed by atoms with E-state index < -0.39 is 18.4 Å². The summed E-state index contributed by atoms with van der Waals surface area (Å²) in [5.41, 5.74) is 2.49. The molecule has 34 heavy (non-hydrogen) atoms. The molecule has 0 heterocycles. The SMILES string of the molecule is CC1=CC[C@@H]2C(C)(C)[C@@H](OC(=O)CC(=O)O)CC[C@@]2(C)[C@@H]1CC/C(C)=C/COC(=O)CC(C)C. The lowest BCUT2D eigenvalue weighted by atomic mass is 9.47. The molecule has 0 aromatic heterocycles. The van der Waals surface area contributed by atoms with E-state index in [1.165, 1.54) is 11.1 Å². The zero-order valence-corrected chi connectivity index (χ0v) is 22.1. The van der Waals surface area contributed by atoms with Crippen LogP contribution in [0.2, 0.25) is 0 Å². The van der Waals surface area contributed by atoms with Gasteiger partial charge in [-0.1, -0.05) is 51.8 Å². The normalized spacial score (nSPS) is 28.6. The highest BCUT2D eigenvalue weighted by Gasteiger charge is 2.56. The Bertz CT molecular complexity index is 821. The third kappa shape index (κ3) is 6.96. The Balaban J connectivity index is 2.05. The van der Waals surface area contributed by atoms with Crippen LogP contribution < -0.4 is 0 Å². The maximum atomic E-state index is 12.1. The maximum Gasteiger partial charge on any atom is 0.317 e. The molecule has 4 atom stereocenters. The highest BCUT2D eigenvalue weighted by Crippen LogP contribution is 2.61. The first-order chi connectivity index (χ1) is 15.8. The Labute approximate surface area is 205 Å². The highest BCUT2D eigenvalue weighted by molar-refractivity contribution is 5.90. The molecule has 0 aromatic rings. The third-order valence-electron chi connectivity index (χ3n) is 8.14. The Morgan fingerprint density at radius 2 is 1.88 bits per heavy atom. The Morgan fingerprint density at radius 1 is 1.21 bits per heavy atom. The standard InChI is InChI=1S/C28H44O6/c1-18(2)16-25(31)33-15-13-19(3)8-10-21-20(4)9-11-22-27(5,6)23(12-14-28(21,22)7)34-26(32)17-24(29)30/h9,13,18,21-23H,8,10-12,14-17H2,1-7H3,(H,29,30)/b19-13+/t21-,22-,23+,28+/m1/s1. The van der Waals surface area contributed by atoms with E-state index in [4.69, 9.17) is 14.6 Å². The first-order valence-electron chi connectivity index (χ1n) is 12.7. The van der Waals surface area contributed by atoms with Gasteiger partial charge in [-0.25, -0.2) is 0 Å². The molecule has 0 aliphatic heterocycles. The van der Waals surface area contributed by atoms with Crippen LogP contribution in [0.5, 0.6) is 0 Å². The number of carboxylic acids is 1. The molecular weight excluding hydrogens is 432 g/mol. The van der Waals surface area contributed by atoms with Gasteiger partial charge in [0.15, 0.2) is 0 Å². The van der Waals surface area contributed by atoms with E-state index in [2.05, 4.69) is 40.7 Å². The molecule has 0 amide bonds. The molecule has 2 rings (SSSR count). The van der Waals surface area contributed by atoms with Crippen LogP contribution in [0.4, 0.5) is 0 Å². The number of fused-ring (bicyclic) bond motifs is 1. The fourth-order valence-electron chi connectivity index (χ4n) is 6.25. The number of hydrogen-bond acceptors (Lipinski definition) is 5. The number of carbonyl (C=O) groups excluding carboxylic acids is 2. The number of carbonyl (C=O) groups is 3. The molecule has 1 saturated carbocycles. The second-order valence-corrected chi connectivity index (χ2v) is 11.6. The van der Waals surface area contributed by atoms with Gasteiger partial charge in [-0.05, 0) is 75.2 Å². The predicted molar refractivity (Wildman–Crippen MR) is 132 cm³/mol. The van der Waals surface area contributed by atoms with Crippen LogP contribution in [0, 0.1) is 28.6 Å². The van der Waals surface area contributed by atoms with Crippen molar-refractivity contribution in [2.45, 2.75) is 99.5 Å². The van der Waals surface area contributed by atoms with Crippen molar-refractivity contribution in [2.24, 2.45) is 28.6 Å². The van der Waals surface area contributed by atoms with Gasteiger partial charge in [0, 0.05) is 11.8 Å². The summed E-state index contributed by atoms with van der Waals surface area (Å²) < 4.78 is 11.0. The van der Waals surface area contributed by atoms with Crippen molar-refractivity contribution < 1.29 is 29.0 Å². The monoisotopic (exact) mass is 476 g/mol. The van der Waals surface area contributed by atoms with Gasteiger partial charge in [-0.2, -0.15) is 0 Å². The van der Waals surface area contributed by atoms with Crippen molar-refractivity contribution in [3.63, 3.8) is 0 Å². The van der Waals surface area contributed by atoms with Gasteiger partial charge >= 0.3 is 17.9 Å². The molecule has 0 bridgehead atoms. The first-order valence-corrected chi connectivity index (χ1v) is 12.7. The maximum absolute atomic E-state index is 12.1. The number of carboxylic acid groups (broad SMARTS) is 1. The van der Waals surface area contributed by atoms with E-state index in [0.29, 0.717) is 30.8 Å². The van der Waals surface area contributed by atoms with Crippen LogP contribution in [0.15, 0.2) is 23.3 Å². The summed E-state index contributed by atoms with van der Waals surface area (Å²) in [6.45, 7) is 15.4. The minimum absolute atomic E-state index is 0.0854. The summed E-state index contributed by atoms with van der Waals surface area (Å²) in [6, 6.07) is 0. The van der Waals surface area contributed by atoms with Gasteiger partial charge in [0.2, 0.25) is 0 Å². The van der Waals surface area contributed by atoms with Gasteiger partial charge in [-0.3, -0.25) is 14.4 Å². The summed E-state index contributed by atoms with van der Waals surface area (Å²) in [5.74, 6) is -0.892. The zero-order valence-electron chi connectivity index (χ0n) is 22.1. The molecule has 2 aliphatic carbocycles. The van der Waals surface area contributed by atoms with Gasteiger partial charge in [0.25, 0.3) is 0 Å². The average molecular weight is 477 g/mol.